The Labute approximate surface area is 89.1 Å². The molecule has 1 N–H and O–H groups in total. The van der Waals surface area contributed by atoms with Crippen molar-refractivity contribution in [1.82, 2.24) is 0 Å². The highest BCUT2D eigenvalue weighted by Gasteiger charge is 2.54. The molecule has 0 rings (SSSR count). The minimum absolute atomic E-state index is 0.0771. The number of alkyl halides is 2. The first-order valence-corrected chi connectivity index (χ1v) is 5.24. The average molecular weight is 262 g/mol. The Bertz CT molecular complexity index is 374. The molecule has 0 amide bonds. The minimum Gasteiger partial charge on any atom is -0.428 e. The first-order valence-electron chi connectivity index (χ1n) is 3.80. The van der Waals surface area contributed by atoms with Gasteiger partial charge in [-0.2, -0.15) is 17.2 Å². The van der Waals surface area contributed by atoms with E-state index >= 15 is 0 Å². The van der Waals surface area contributed by atoms with Crippen LogP contribution < -0.4 is 0 Å². The van der Waals surface area contributed by atoms with E-state index in [0.717, 1.165) is 0 Å². The molecule has 0 spiro atoms. The summed E-state index contributed by atoms with van der Waals surface area (Å²) in [6, 6.07) is 0. The lowest BCUT2D eigenvalue weighted by Crippen LogP contribution is -2.39. The predicted molar refractivity (Wildman–Crippen MR) is 43.8 cm³/mol. The first kappa shape index (κ1) is 14.7. The summed E-state index contributed by atoms with van der Waals surface area (Å²) in [5.41, 5.74) is 0. The molecule has 0 unspecified atom stereocenters. The summed E-state index contributed by atoms with van der Waals surface area (Å²) < 4.78 is 60.7. The van der Waals surface area contributed by atoms with Gasteiger partial charge < -0.3 is 9.47 Å². The summed E-state index contributed by atoms with van der Waals surface area (Å²) >= 11 is 0. The minimum atomic E-state index is -5.91. The van der Waals surface area contributed by atoms with Gasteiger partial charge >= 0.3 is 27.3 Å². The fourth-order valence-corrected chi connectivity index (χ4v) is 0.710. The van der Waals surface area contributed by atoms with Gasteiger partial charge in [0.25, 0.3) is 0 Å². The highest BCUT2D eigenvalue weighted by atomic mass is 32.2. The van der Waals surface area contributed by atoms with Crippen molar-refractivity contribution >= 4 is 22.1 Å². The number of carbonyl (C=O) groups is 2. The first-order chi connectivity index (χ1) is 7.13. The van der Waals surface area contributed by atoms with Gasteiger partial charge in [0.15, 0.2) is 0 Å². The molecular formula is C6H8F2O7S. The van der Waals surface area contributed by atoms with Gasteiger partial charge in [-0.1, -0.05) is 6.92 Å². The number of carbonyl (C=O) groups excluding carboxylic acids is 2. The number of rotatable bonds is 5. The molecule has 94 valence electrons. The fraction of sp³-hybridized carbons (Fsp3) is 0.667. The number of halogens is 2. The zero-order chi connectivity index (χ0) is 13.0. The molecule has 0 radical (unpaired) electrons. The number of hydrogen-bond acceptors (Lipinski definition) is 6. The van der Waals surface area contributed by atoms with Crippen LogP contribution in [0.5, 0.6) is 0 Å². The second kappa shape index (κ2) is 5.16. The number of hydrogen-bond donors (Lipinski definition) is 1. The van der Waals surface area contributed by atoms with Crippen LogP contribution in [0.2, 0.25) is 0 Å². The van der Waals surface area contributed by atoms with E-state index in [2.05, 4.69) is 9.47 Å². The van der Waals surface area contributed by atoms with Gasteiger partial charge in [-0.3, -0.25) is 9.35 Å². The molecule has 0 aliphatic heterocycles. The largest absolute Gasteiger partial charge is 0.465 e. The van der Waals surface area contributed by atoms with E-state index in [1.54, 1.807) is 0 Å². The predicted octanol–water partition coefficient (Wildman–Crippen LogP) is -0.0791. The van der Waals surface area contributed by atoms with Crippen molar-refractivity contribution in [3.05, 3.63) is 0 Å². The normalized spacial score (nSPS) is 12.0. The molecule has 0 bridgehead atoms. The van der Waals surface area contributed by atoms with E-state index in [1.807, 2.05) is 0 Å². The van der Waals surface area contributed by atoms with Crippen molar-refractivity contribution in [2.24, 2.45) is 0 Å². The Morgan fingerprint density at radius 1 is 1.31 bits per heavy atom. The van der Waals surface area contributed by atoms with Crippen LogP contribution in [0.25, 0.3) is 0 Å². The van der Waals surface area contributed by atoms with Crippen molar-refractivity contribution in [3.63, 3.8) is 0 Å². The van der Waals surface area contributed by atoms with E-state index in [4.69, 9.17) is 4.55 Å². The molecule has 0 saturated carbocycles. The van der Waals surface area contributed by atoms with Gasteiger partial charge in [-0.05, 0) is 0 Å². The molecule has 0 heterocycles. The maximum Gasteiger partial charge on any atom is 0.465 e. The second-order valence-corrected chi connectivity index (χ2v) is 3.87. The molecule has 0 atom stereocenters. The molecule has 0 aliphatic carbocycles. The summed E-state index contributed by atoms with van der Waals surface area (Å²) in [6.45, 7) is 0.244. The van der Waals surface area contributed by atoms with Crippen molar-refractivity contribution in [3.8, 4) is 0 Å². The van der Waals surface area contributed by atoms with Gasteiger partial charge in [-0.25, -0.2) is 4.79 Å². The molecule has 7 nitrogen and oxygen atoms in total. The van der Waals surface area contributed by atoms with Gasteiger partial charge in [0, 0.05) is 6.42 Å². The lowest BCUT2D eigenvalue weighted by molar-refractivity contribution is -0.178. The number of esters is 2. The topological polar surface area (TPSA) is 107 Å². The third-order valence-corrected chi connectivity index (χ3v) is 2.07. The van der Waals surface area contributed by atoms with Crippen LogP contribution in [0.1, 0.15) is 13.3 Å². The van der Waals surface area contributed by atoms with Crippen LogP contribution in [0.4, 0.5) is 8.78 Å². The molecule has 0 fully saturated rings. The lowest BCUT2D eigenvalue weighted by Gasteiger charge is -2.11. The molecule has 0 saturated heterocycles. The summed E-state index contributed by atoms with van der Waals surface area (Å²) in [4.78, 5) is 20.9. The van der Waals surface area contributed by atoms with E-state index in [1.165, 1.54) is 6.92 Å². The SMILES string of the molecule is CCC(=O)OCOC(=O)C(F)(F)S(=O)(=O)O. The van der Waals surface area contributed by atoms with Crippen LogP contribution in [0.3, 0.4) is 0 Å². The van der Waals surface area contributed by atoms with E-state index in [0.29, 0.717) is 0 Å². The molecule has 10 heteroatoms. The van der Waals surface area contributed by atoms with Crippen LogP contribution in [0.15, 0.2) is 0 Å². The smallest absolute Gasteiger partial charge is 0.428 e. The quantitative estimate of drug-likeness (QED) is 0.419. The third-order valence-electron chi connectivity index (χ3n) is 1.26. The molecular weight excluding hydrogens is 254 g/mol. The van der Waals surface area contributed by atoms with Crippen LogP contribution >= 0.6 is 0 Å². The molecule has 0 aromatic heterocycles. The average Bonchev–Trinajstić information content (AvgIpc) is 2.15. The maximum atomic E-state index is 12.5. The lowest BCUT2D eigenvalue weighted by atomic mass is 10.5. The number of ether oxygens (including phenoxy) is 2. The van der Waals surface area contributed by atoms with Gasteiger partial charge in [0.2, 0.25) is 6.79 Å². The van der Waals surface area contributed by atoms with Gasteiger partial charge in [-0.15, -0.1) is 0 Å². The van der Waals surface area contributed by atoms with Crippen molar-refractivity contribution < 1.29 is 40.8 Å². The zero-order valence-corrected chi connectivity index (χ0v) is 8.79. The Kier molecular flexibility index (Phi) is 4.75. The molecule has 16 heavy (non-hydrogen) atoms. The monoisotopic (exact) mass is 262 g/mol. The van der Waals surface area contributed by atoms with Crippen molar-refractivity contribution in [1.29, 1.82) is 0 Å². The zero-order valence-electron chi connectivity index (χ0n) is 7.98. The highest BCUT2D eigenvalue weighted by molar-refractivity contribution is 7.87. The molecule has 0 aromatic rings. The van der Waals surface area contributed by atoms with Gasteiger partial charge in [0.1, 0.15) is 0 Å². The third kappa shape index (κ3) is 3.70. The Morgan fingerprint density at radius 3 is 2.19 bits per heavy atom. The van der Waals surface area contributed by atoms with Crippen molar-refractivity contribution in [2.45, 2.75) is 18.6 Å². The van der Waals surface area contributed by atoms with Crippen molar-refractivity contribution in [2.75, 3.05) is 6.79 Å². The second-order valence-electron chi connectivity index (χ2n) is 2.41. The van der Waals surface area contributed by atoms with Crippen LogP contribution in [-0.4, -0.2) is 37.0 Å². The summed E-state index contributed by atoms with van der Waals surface area (Å²) in [5, 5.41) is -5.09. The van der Waals surface area contributed by atoms with E-state index in [-0.39, 0.29) is 6.42 Å². The Morgan fingerprint density at radius 2 is 1.81 bits per heavy atom. The van der Waals surface area contributed by atoms with E-state index < -0.39 is 34.1 Å². The maximum absolute atomic E-state index is 12.5. The van der Waals surface area contributed by atoms with E-state index in [9.17, 15) is 26.8 Å². The highest BCUT2D eigenvalue weighted by Crippen LogP contribution is 2.21. The molecule has 0 aliphatic rings. The fourth-order valence-electron chi connectivity index (χ4n) is 0.440. The molecule has 0 aromatic carbocycles. The van der Waals surface area contributed by atoms with Crippen LogP contribution in [0, 0.1) is 0 Å². The Hall–Kier alpha value is -1.29. The summed E-state index contributed by atoms with van der Waals surface area (Å²) in [5.74, 6) is -3.36. The Balaban J connectivity index is 4.33. The summed E-state index contributed by atoms with van der Waals surface area (Å²) in [6.07, 6.45) is -0.0771. The van der Waals surface area contributed by atoms with Crippen LogP contribution in [-0.2, 0) is 29.2 Å². The summed E-state index contributed by atoms with van der Waals surface area (Å²) in [7, 11) is -5.91. The standard InChI is InChI=1S/C6H8F2O7S/c1-2-4(9)14-3-15-5(10)6(7,8)16(11,12)13/h2-3H2,1H3,(H,11,12,13). The van der Waals surface area contributed by atoms with Gasteiger partial charge in [0.05, 0.1) is 0 Å².